The molecule has 1 amide bonds. The molecule has 0 unspecified atom stereocenters. The van der Waals surface area contributed by atoms with Gasteiger partial charge in [0.05, 0.1) is 17.9 Å². The highest BCUT2D eigenvalue weighted by molar-refractivity contribution is 5.92. The van der Waals surface area contributed by atoms with Crippen LogP contribution in [-0.2, 0) is 6.54 Å². The maximum atomic E-state index is 12.9. The summed E-state index contributed by atoms with van der Waals surface area (Å²) in [5.41, 5.74) is 2.71. The number of nitrogens with one attached hydrogen (secondary N) is 1. The molecule has 22 heavy (non-hydrogen) atoms. The molecule has 6 nitrogen and oxygen atoms in total. The molecule has 1 fully saturated rings. The van der Waals surface area contributed by atoms with E-state index < -0.39 is 0 Å². The second kappa shape index (κ2) is 6.34. The van der Waals surface area contributed by atoms with E-state index in [1.54, 1.807) is 0 Å². The van der Waals surface area contributed by atoms with Gasteiger partial charge in [-0.1, -0.05) is 6.92 Å². The Morgan fingerprint density at radius 1 is 1.45 bits per heavy atom. The van der Waals surface area contributed by atoms with Gasteiger partial charge in [0.1, 0.15) is 5.69 Å². The average molecular weight is 301 g/mol. The third-order valence-electron chi connectivity index (χ3n) is 4.28. The number of rotatable bonds is 4. The molecule has 0 spiro atoms. The van der Waals surface area contributed by atoms with Gasteiger partial charge < -0.3 is 4.90 Å². The highest BCUT2D eigenvalue weighted by Gasteiger charge is 2.31. The molecular formula is C16H23N5O. The van der Waals surface area contributed by atoms with Crippen LogP contribution in [0.2, 0.25) is 0 Å². The number of amides is 1. The lowest BCUT2D eigenvalue weighted by atomic mass is 9.97. The van der Waals surface area contributed by atoms with Crippen LogP contribution in [0.25, 0.3) is 0 Å². The average Bonchev–Trinajstić information content (AvgIpc) is 3.16. The van der Waals surface area contributed by atoms with E-state index >= 15 is 0 Å². The molecule has 118 valence electrons. The maximum absolute atomic E-state index is 12.9. The first-order valence-corrected chi connectivity index (χ1v) is 8.05. The van der Waals surface area contributed by atoms with Crippen molar-refractivity contribution in [2.75, 3.05) is 6.54 Å². The molecule has 1 N–H and O–H groups in total. The van der Waals surface area contributed by atoms with Gasteiger partial charge >= 0.3 is 0 Å². The summed E-state index contributed by atoms with van der Waals surface area (Å²) in [6.45, 7) is 5.76. The van der Waals surface area contributed by atoms with Gasteiger partial charge in [-0.05, 0) is 44.2 Å². The molecule has 0 saturated carbocycles. The third-order valence-corrected chi connectivity index (χ3v) is 4.28. The Balaban J connectivity index is 1.83. The molecule has 2 aromatic rings. The molecule has 0 bridgehead atoms. The highest BCUT2D eigenvalue weighted by atomic mass is 16.2. The van der Waals surface area contributed by atoms with Crippen molar-refractivity contribution in [3.8, 4) is 0 Å². The first-order valence-electron chi connectivity index (χ1n) is 8.05. The van der Waals surface area contributed by atoms with Gasteiger partial charge in [0.25, 0.3) is 5.91 Å². The number of carbonyl (C=O) groups is 1. The summed E-state index contributed by atoms with van der Waals surface area (Å²) >= 11 is 0. The van der Waals surface area contributed by atoms with Gasteiger partial charge in [-0.2, -0.15) is 10.2 Å². The number of aromatic amines is 1. The van der Waals surface area contributed by atoms with Crippen molar-refractivity contribution in [1.82, 2.24) is 24.9 Å². The predicted molar refractivity (Wildman–Crippen MR) is 83.5 cm³/mol. The van der Waals surface area contributed by atoms with Gasteiger partial charge in [0.2, 0.25) is 0 Å². The van der Waals surface area contributed by atoms with E-state index in [9.17, 15) is 4.79 Å². The SMILES string of the molecule is CCCn1ccc(C(=O)N2CCCC[C@H]2c2[nH]ncc2C)n1. The zero-order chi connectivity index (χ0) is 15.5. The number of carbonyl (C=O) groups excluding carboxylic acids is 1. The van der Waals surface area contributed by atoms with Gasteiger partial charge in [0, 0.05) is 19.3 Å². The van der Waals surface area contributed by atoms with Crippen LogP contribution in [-0.4, -0.2) is 37.3 Å². The Kier molecular flexibility index (Phi) is 4.27. The topological polar surface area (TPSA) is 66.8 Å². The largest absolute Gasteiger partial charge is 0.329 e. The second-order valence-electron chi connectivity index (χ2n) is 5.94. The second-order valence-corrected chi connectivity index (χ2v) is 5.94. The minimum atomic E-state index is 0.0218. The standard InChI is InChI=1S/C16H23N5O/c1-3-8-20-10-7-13(19-20)16(22)21-9-5-4-6-14(21)15-12(2)11-17-18-15/h7,10-11,14H,3-6,8-9H2,1-2H3,(H,17,18)/t14-/m0/s1. The number of piperidine rings is 1. The van der Waals surface area contributed by atoms with E-state index in [0.717, 1.165) is 50.0 Å². The van der Waals surface area contributed by atoms with Crippen molar-refractivity contribution in [3.63, 3.8) is 0 Å². The molecule has 0 aliphatic carbocycles. The summed E-state index contributed by atoms with van der Waals surface area (Å²) in [5, 5.41) is 11.6. The van der Waals surface area contributed by atoms with E-state index in [4.69, 9.17) is 0 Å². The van der Waals surface area contributed by atoms with Crippen molar-refractivity contribution in [2.24, 2.45) is 0 Å². The summed E-state index contributed by atoms with van der Waals surface area (Å²) < 4.78 is 1.84. The Morgan fingerprint density at radius 3 is 3.05 bits per heavy atom. The molecule has 1 aliphatic rings. The van der Waals surface area contributed by atoms with Gasteiger partial charge in [-0.3, -0.25) is 14.6 Å². The van der Waals surface area contributed by atoms with Crippen LogP contribution < -0.4 is 0 Å². The summed E-state index contributed by atoms with van der Waals surface area (Å²) in [4.78, 5) is 14.8. The zero-order valence-electron chi connectivity index (χ0n) is 13.2. The molecule has 0 radical (unpaired) electrons. The van der Waals surface area contributed by atoms with E-state index in [2.05, 4.69) is 22.2 Å². The van der Waals surface area contributed by atoms with Crippen LogP contribution in [0.4, 0.5) is 0 Å². The summed E-state index contributed by atoms with van der Waals surface area (Å²) in [6.07, 6.45) is 7.88. The minimum Gasteiger partial charge on any atom is -0.329 e. The monoisotopic (exact) mass is 301 g/mol. The van der Waals surface area contributed by atoms with Crippen molar-refractivity contribution in [3.05, 3.63) is 35.4 Å². The van der Waals surface area contributed by atoms with Gasteiger partial charge in [0.15, 0.2) is 0 Å². The Bertz CT molecular complexity index is 645. The number of nitrogens with zero attached hydrogens (tertiary/aromatic N) is 4. The molecule has 2 aromatic heterocycles. The predicted octanol–water partition coefficient (Wildman–Crippen LogP) is 2.69. The highest BCUT2D eigenvalue weighted by Crippen LogP contribution is 2.32. The molecular weight excluding hydrogens is 278 g/mol. The van der Waals surface area contributed by atoms with Crippen molar-refractivity contribution in [1.29, 1.82) is 0 Å². The number of aryl methyl sites for hydroxylation is 2. The van der Waals surface area contributed by atoms with Crippen LogP contribution in [0, 0.1) is 6.92 Å². The van der Waals surface area contributed by atoms with Crippen LogP contribution >= 0.6 is 0 Å². The zero-order valence-corrected chi connectivity index (χ0v) is 13.2. The maximum Gasteiger partial charge on any atom is 0.274 e. The van der Waals surface area contributed by atoms with Crippen molar-refractivity contribution >= 4 is 5.91 Å². The minimum absolute atomic E-state index is 0.0218. The Morgan fingerprint density at radius 2 is 2.32 bits per heavy atom. The smallest absolute Gasteiger partial charge is 0.274 e. The summed E-state index contributed by atoms with van der Waals surface area (Å²) in [7, 11) is 0. The van der Waals surface area contributed by atoms with Crippen molar-refractivity contribution in [2.45, 2.75) is 52.1 Å². The molecule has 1 aliphatic heterocycles. The van der Waals surface area contributed by atoms with E-state index in [-0.39, 0.29) is 11.9 Å². The van der Waals surface area contributed by atoms with Crippen molar-refractivity contribution < 1.29 is 4.79 Å². The van der Waals surface area contributed by atoms with Crippen LogP contribution in [0.1, 0.15) is 60.4 Å². The Hall–Kier alpha value is -2.11. The quantitative estimate of drug-likeness (QED) is 0.944. The lowest BCUT2D eigenvalue weighted by molar-refractivity contribution is 0.0598. The molecule has 6 heteroatoms. The third kappa shape index (κ3) is 2.77. The summed E-state index contributed by atoms with van der Waals surface area (Å²) in [5.74, 6) is 0.0218. The summed E-state index contributed by atoms with van der Waals surface area (Å²) in [6, 6.07) is 1.91. The lowest BCUT2D eigenvalue weighted by Gasteiger charge is -2.35. The van der Waals surface area contributed by atoms with Crippen LogP contribution in [0.5, 0.6) is 0 Å². The normalized spacial score (nSPS) is 18.6. The van der Waals surface area contributed by atoms with E-state index in [0.29, 0.717) is 5.69 Å². The molecule has 1 atom stereocenters. The van der Waals surface area contributed by atoms with Gasteiger partial charge in [-0.15, -0.1) is 0 Å². The van der Waals surface area contributed by atoms with Crippen LogP contribution in [0.15, 0.2) is 18.5 Å². The first kappa shape index (κ1) is 14.8. The van der Waals surface area contributed by atoms with Crippen LogP contribution in [0.3, 0.4) is 0 Å². The molecule has 0 aromatic carbocycles. The number of H-pyrrole nitrogens is 1. The molecule has 3 rings (SSSR count). The number of hydrogen-bond acceptors (Lipinski definition) is 3. The molecule has 1 saturated heterocycles. The number of hydrogen-bond donors (Lipinski definition) is 1. The van der Waals surface area contributed by atoms with E-state index in [1.807, 2.05) is 35.0 Å². The fourth-order valence-electron chi connectivity index (χ4n) is 3.14. The fourth-order valence-corrected chi connectivity index (χ4v) is 3.14. The number of likely N-dealkylation sites (tertiary alicyclic amines) is 1. The molecule has 3 heterocycles. The lowest BCUT2D eigenvalue weighted by Crippen LogP contribution is -2.39. The Labute approximate surface area is 130 Å². The fraction of sp³-hybridized carbons (Fsp3) is 0.562. The first-order chi connectivity index (χ1) is 10.7. The number of aromatic nitrogens is 4. The van der Waals surface area contributed by atoms with E-state index in [1.165, 1.54) is 0 Å². The van der Waals surface area contributed by atoms with Gasteiger partial charge in [-0.25, -0.2) is 0 Å².